The number of methoxy groups -OCH3 is 2. The van der Waals surface area contributed by atoms with Gasteiger partial charge in [-0.1, -0.05) is 33.2 Å². The molecule has 1 aromatic heterocycles. The van der Waals surface area contributed by atoms with Crippen LogP contribution in [0.25, 0.3) is 10.9 Å². The molecule has 3 aromatic rings. The molecule has 0 unspecified atom stereocenters. The molecule has 33 heavy (non-hydrogen) atoms. The topological polar surface area (TPSA) is 57.5 Å². The molecule has 0 fully saturated rings. The number of ether oxygens (including phenoxy) is 2. The summed E-state index contributed by atoms with van der Waals surface area (Å²) in [5.41, 5.74) is 2.95. The fourth-order valence-corrected chi connectivity index (χ4v) is 5.77. The van der Waals surface area contributed by atoms with E-state index in [2.05, 4.69) is 0 Å². The molecule has 1 heterocycles. The second-order valence-electron chi connectivity index (χ2n) is 7.55. The number of fused-ring (bicyclic) bond motifs is 1. The fourth-order valence-electron chi connectivity index (χ4n) is 3.64. The van der Waals surface area contributed by atoms with Gasteiger partial charge in [-0.3, -0.25) is 14.2 Å². The maximum atomic E-state index is 13.4. The number of aromatic nitrogens is 1. The maximum absolute atomic E-state index is 13.4. The number of ketones is 1. The van der Waals surface area contributed by atoms with Crippen LogP contribution >= 0.6 is 33.2 Å². The predicted octanol–water partition coefficient (Wildman–Crippen LogP) is 6.22. The molecule has 0 bridgehead atoms. The molecular formula is C25H28ClNO4S2. The van der Waals surface area contributed by atoms with Gasteiger partial charge in [0.25, 0.3) is 5.91 Å². The second-order valence-corrected chi connectivity index (χ2v) is 10.7. The highest BCUT2D eigenvalue weighted by Gasteiger charge is 2.22. The molecule has 0 aliphatic carbocycles. The average molecular weight is 506 g/mol. The molecule has 176 valence electrons. The molecule has 0 atom stereocenters. The Bertz CT molecular complexity index is 1110. The number of rotatable bonds is 12. The standard InChI is InChI=1S/C25H28ClNO4S2/c1-17-22(15-20(28)5-4-13-32-33-14-12-30-2)23-16-21(31-3)10-11-24(23)27(17)25(29)18-6-8-19(26)9-7-18/h6-11,16H,4-5,12-15H2,1-3H3. The van der Waals surface area contributed by atoms with Crippen molar-refractivity contribution in [1.29, 1.82) is 0 Å². The van der Waals surface area contributed by atoms with Crippen molar-refractivity contribution in [2.24, 2.45) is 0 Å². The van der Waals surface area contributed by atoms with Crippen LogP contribution in [0, 0.1) is 6.92 Å². The average Bonchev–Trinajstić information content (AvgIpc) is 3.08. The Morgan fingerprint density at radius 3 is 2.45 bits per heavy atom. The molecule has 0 aliphatic rings. The smallest absolute Gasteiger partial charge is 0.262 e. The van der Waals surface area contributed by atoms with Gasteiger partial charge < -0.3 is 9.47 Å². The molecule has 8 heteroatoms. The molecule has 0 spiro atoms. The summed E-state index contributed by atoms with van der Waals surface area (Å²) in [6, 6.07) is 12.4. The first-order valence-corrected chi connectivity index (χ1v) is 13.6. The van der Waals surface area contributed by atoms with Crippen LogP contribution < -0.4 is 4.74 Å². The van der Waals surface area contributed by atoms with Crippen LogP contribution in [0.1, 0.15) is 34.5 Å². The Labute approximate surface area is 207 Å². The van der Waals surface area contributed by atoms with Gasteiger partial charge in [-0.25, -0.2) is 0 Å². The zero-order valence-electron chi connectivity index (χ0n) is 19.1. The van der Waals surface area contributed by atoms with Gasteiger partial charge in [-0.05, 0) is 61.4 Å². The molecule has 2 aromatic carbocycles. The lowest BCUT2D eigenvalue weighted by atomic mass is 10.0. The van der Waals surface area contributed by atoms with E-state index in [4.69, 9.17) is 21.1 Å². The van der Waals surface area contributed by atoms with Crippen LogP contribution in [-0.4, -0.2) is 48.6 Å². The van der Waals surface area contributed by atoms with E-state index in [1.165, 1.54) is 0 Å². The van der Waals surface area contributed by atoms with Crippen LogP contribution in [0.4, 0.5) is 0 Å². The molecule has 0 amide bonds. The third-order valence-corrected chi connectivity index (χ3v) is 8.05. The maximum Gasteiger partial charge on any atom is 0.262 e. The monoisotopic (exact) mass is 505 g/mol. The summed E-state index contributed by atoms with van der Waals surface area (Å²) in [6.45, 7) is 2.63. The Hall–Kier alpha value is -1.93. The number of carbonyl (C=O) groups is 2. The first-order chi connectivity index (χ1) is 16.0. The number of benzene rings is 2. The first-order valence-electron chi connectivity index (χ1n) is 10.7. The van der Waals surface area contributed by atoms with Gasteiger partial charge >= 0.3 is 0 Å². The van der Waals surface area contributed by atoms with Crippen molar-refractivity contribution < 1.29 is 19.1 Å². The van der Waals surface area contributed by atoms with E-state index >= 15 is 0 Å². The summed E-state index contributed by atoms with van der Waals surface area (Å²) in [4.78, 5) is 26.2. The van der Waals surface area contributed by atoms with E-state index in [9.17, 15) is 9.59 Å². The number of Topliss-reactive ketones (excluding diaryl/α,β-unsaturated/α-hetero) is 1. The molecular weight excluding hydrogens is 478 g/mol. The minimum atomic E-state index is -0.150. The van der Waals surface area contributed by atoms with Crippen molar-refractivity contribution in [3.63, 3.8) is 0 Å². The predicted molar refractivity (Wildman–Crippen MR) is 139 cm³/mol. The van der Waals surface area contributed by atoms with Gasteiger partial charge in [0.05, 0.1) is 19.2 Å². The molecule has 5 nitrogen and oxygen atoms in total. The minimum Gasteiger partial charge on any atom is -0.497 e. The largest absolute Gasteiger partial charge is 0.497 e. The summed E-state index contributed by atoms with van der Waals surface area (Å²) in [5, 5.41) is 1.44. The number of carbonyl (C=O) groups excluding carboxylic acids is 2. The lowest BCUT2D eigenvalue weighted by Gasteiger charge is -2.08. The highest BCUT2D eigenvalue weighted by molar-refractivity contribution is 8.76. The van der Waals surface area contributed by atoms with E-state index in [0.717, 1.165) is 46.7 Å². The zero-order chi connectivity index (χ0) is 23.8. The zero-order valence-corrected chi connectivity index (χ0v) is 21.4. The minimum absolute atomic E-state index is 0.150. The van der Waals surface area contributed by atoms with Gasteiger partial charge in [0.1, 0.15) is 11.5 Å². The van der Waals surface area contributed by atoms with Crippen LogP contribution in [0.5, 0.6) is 5.75 Å². The van der Waals surface area contributed by atoms with Crippen molar-refractivity contribution in [3.05, 3.63) is 64.3 Å². The number of nitrogens with zero attached hydrogens (tertiary/aromatic N) is 1. The second kappa shape index (κ2) is 12.5. The Morgan fingerprint density at radius 2 is 1.76 bits per heavy atom. The summed E-state index contributed by atoms with van der Waals surface area (Å²) in [7, 11) is 6.84. The van der Waals surface area contributed by atoms with Crippen molar-refractivity contribution in [2.75, 3.05) is 32.3 Å². The molecule has 0 saturated heterocycles. The van der Waals surface area contributed by atoms with E-state index < -0.39 is 0 Å². The highest BCUT2D eigenvalue weighted by atomic mass is 35.5. The summed E-state index contributed by atoms with van der Waals surface area (Å²) in [6.07, 6.45) is 1.63. The lowest BCUT2D eigenvalue weighted by molar-refractivity contribution is -0.118. The SMILES string of the molecule is COCCSSCCCC(=O)Cc1c(C)n(C(=O)c2ccc(Cl)cc2)c2ccc(OC)cc12. The van der Waals surface area contributed by atoms with Crippen LogP contribution in [-0.2, 0) is 16.0 Å². The highest BCUT2D eigenvalue weighted by Crippen LogP contribution is 2.31. The Morgan fingerprint density at radius 1 is 1.03 bits per heavy atom. The third kappa shape index (κ3) is 6.57. The summed E-state index contributed by atoms with van der Waals surface area (Å²) in [5.74, 6) is 2.57. The van der Waals surface area contributed by atoms with Crippen molar-refractivity contribution >= 4 is 55.8 Å². The van der Waals surface area contributed by atoms with Crippen molar-refractivity contribution in [1.82, 2.24) is 4.57 Å². The van der Waals surface area contributed by atoms with Gasteiger partial charge in [0.2, 0.25) is 0 Å². The lowest BCUT2D eigenvalue weighted by Crippen LogP contribution is -2.14. The Balaban J connectivity index is 1.81. The van der Waals surface area contributed by atoms with Crippen LogP contribution in [0.15, 0.2) is 42.5 Å². The van der Waals surface area contributed by atoms with E-state index in [0.29, 0.717) is 22.8 Å². The molecule has 0 saturated carbocycles. The normalized spacial score (nSPS) is 11.2. The quantitative estimate of drug-likeness (QED) is 0.215. The van der Waals surface area contributed by atoms with Gasteiger partial charge in [0, 0.05) is 53.1 Å². The van der Waals surface area contributed by atoms with Gasteiger partial charge in [-0.15, -0.1) is 0 Å². The molecule has 0 N–H and O–H groups in total. The van der Waals surface area contributed by atoms with Gasteiger partial charge in [0.15, 0.2) is 0 Å². The van der Waals surface area contributed by atoms with Crippen LogP contribution in [0.2, 0.25) is 5.02 Å². The molecule has 3 rings (SSSR count). The van der Waals surface area contributed by atoms with Crippen molar-refractivity contribution in [2.45, 2.75) is 26.2 Å². The van der Waals surface area contributed by atoms with Crippen molar-refractivity contribution in [3.8, 4) is 5.75 Å². The third-order valence-electron chi connectivity index (χ3n) is 5.35. The molecule has 0 radical (unpaired) electrons. The van der Waals surface area contributed by atoms with E-state index in [1.54, 1.807) is 64.6 Å². The molecule has 0 aliphatic heterocycles. The first kappa shape index (κ1) is 25.7. The van der Waals surface area contributed by atoms with E-state index in [-0.39, 0.29) is 18.1 Å². The van der Waals surface area contributed by atoms with E-state index in [1.807, 2.05) is 25.1 Å². The number of hydrogen-bond acceptors (Lipinski definition) is 6. The van der Waals surface area contributed by atoms with Crippen LogP contribution in [0.3, 0.4) is 0 Å². The number of hydrogen-bond donors (Lipinski definition) is 0. The Kier molecular flexibility index (Phi) is 9.74. The fraction of sp³-hybridized carbons (Fsp3) is 0.360. The summed E-state index contributed by atoms with van der Waals surface area (Å²) >= 11 is 5.99. The number of halogens is 1. The van der Waals surface area contributed by atoms with Gasteiger partial charge in [-0.2, -0.15) is 0 Å². The summed E-state index contributed by atoms with van der Waals surface area (Å²) < 4.78 is 12.1.